The van der Waals surface area contributed by atoms with E-state index in [2.05, 4.69) is 15.2 Å². The third kappa shape index (κ3) is 4.16. The van der Waals surface area contributed by atoms with E-state index >= 15 is 0 Å². The number of carbonyl (C=O) groups excluding carboxylic acids is 1. The second-order valence-electron chi connectivity index (χ2n) is 8.29. The monoisotopic (exact) mass is 466 g/mol. The molecule has 1 aliphatic carbocycles. The molecular formula is C23H23ClN6O3. The fraction of sp³-hybridized carbons (Fsp3) is 0.348. The minimum atomic E-state index is -0.396. The summed E-state index contributed by atoms with van der Waals surface area (Å²) in [7, 11) is 1.81. The van der Waals surface area contributed by atoms with Crippen LogP contribution in [0.3, 0.4) is 0 Å². The fourth-order valence-corrected chi connectivity index (χ4v) is 4.49. The van der Waals surface area contributed by atoms with Gasteiger partial charge in [0.1, 0.15) is 6.54 Å². The van der Waals surface area contributed by atoms with E-state index in [0.717, 1.165) is 25.7 Å². The lowest BCUT2D eigenvalue weighted by molar-refractivity contribution is -0.133. The molecule has 0 bridgehead atoms. The van der Waals surface area contributed by atoms with Crippen LogP contribution in [0.15, 0.2) is 51.9 Å². The Labute approximate surface area is 194 Å². The van der Waals surface area contributed by atoms with E-state index in [9.17, 15) is 9.59 Å². The van der Waals surface area contributed by atoms with Crippen LogP contribution in [-0.2, 0) is 11.3 Å². The predicted molar refractivity (Wildman–Crippen MR) is 123 cm³/mol. The number of hydrogen-bond donors (Lipinski definition) is 0. The zero-order valence-corrected chi connectivity index (χ0v) is 18.9. The molecule has 1 aromatic carbocycles. The lowest BCUT2D eigenvalue weighted by Gasteiger charge is -2.31. The van der Waals surface area contributed by atoms with Crippen LogP contribution in [0.25, 0.3) is 28.5 Å². The number of fused-ring (bicyclic) bond motifs is 1. The van der Waals surface area contributed by atoms with Gasteiger partial charge >= 0.3 is 5.69 Å². The Kier molecular flexibility index (Phi) is 5.72. The van der Waals surface area contributed by atoms with Crippen molar-refractivity contribution in [2.75, 3.05) is 7.05 Å². The smallest absolute Gasteiger partial charge is 0.341 e. The molecule has 0 unspecified atom stereocenters. The minimum Gasteiger partial charge on any atom is -0.341 e. The van der Waals surface area contributed by atoms with Crippen LogP contribution in [0, 0.1) is 0 Å². The van der Waals surface area contributed by atoms with E-state index in [1.807, 2.05) is 6.07 Å². The van der Waals surface area contributed by atoms with Gasteiger partial charge in [0.05, 0.1) is 5.56 Å². The van der Waals surface area contributed by atoms with E-state index in [1.54, 1.807) is 48.5 Å². The molecule has 33 heavy (non-hydrogen) atoms. The van der Waals surface area contributed by atoms with Crippen LogP contribution in [0.2, 0.25) is 5.02 Å². The molecule has 0 N–H and O–H groups in total. The Balaban J connectivity index is 1.45. The van der Waals surface area contributed by atoms with Crippen LogP contribution in [0.4, 0.5) is 0 Å². The number of halogens is 1. The lowest BCUT2D eigenvalue weighted by Crippen LogP contribution is -2.41. The van der Waals surface area contributed by atoms with Crippen molar-refractivity contribution in [3.8, 4) is 22.8 Å². The van der Waals surface area contributed by atoms with Gasteiger partial charge in [-0.1, -0.05) is 48.2 Å². The number of hydrogen-bond acceptors (Lipinski definition) is 6. The number of likely N-dealkylation sites (N-methyl/N-ethyl adjacent to an activating group) is 1. The number of aromatic nitrogens is 5. The number of nitrogens with zero attached hydrogens (tertiary/aromatic N) is 6. The van der Waals surface area contributed by atoms with Crippen LogP contribution in [0.5, 0.6) is 0 Å². The van der Waals surface area contributed by atoms with Crippen molar-refractivity contribution >= 4 is 23.2 Å². The molecule has 1 aliphatic rings. The number of pyridine rings is 1. The van der Waals surface area contributed by atoms with Crippen LogP contribution in [0.1, 0.15) is 32.1 Å². The van der Waals surface area contributed by atoms with Crippen molar-refractivity contribution < 1.29 is 9.32 Å². The summed E-state index contributed by atoms with van der Waals surface area (Å²) in [6.07, 6.45) is 7.07. The van der Waals surface area contributed by atoms with Gasteiger partial charge < -0.3 is 9.42 Å². The third-order valence-corrected chi connectivity index (χ3v) is 6.38. The summed E-state index contributed by atoms with van der Waals surface area (Å²) in [5.74, 6) is 0.467. The Hall–Kier alpha value is -3.46. The molecule has 0 spiro atoms. The molecule has 3 heterocycles. The zero-order chi connectivity index (χ0) is 22.9. The molecular weight excluding hydrogens is 444 g/mol. The SMILES string of the molecule is CN(C(=O)Cn1nc2c(-c3nc(-c4cccc(Cl)c4)no3)cccn2c1=O)C1CCCCC1. The Morgan fingerprint density at radius 3 is 2.82 bits per heavy atom. The first kappa shape index (κ1) is 21.4. The minimum absolute atomic E-state index is 0.120. The van der Waals surface area contributed by atoms with Gasteiger partial charge in [0.15, 0.2) is 5.65 Å². The molecule has 3 aromatic heterocycles. The topological polar surface area (TPSA) is 98.5 Å². The van der Waals surface area contributed by atoms with Gasteiger partial charge in [-0.3, -0.25) is 4.79 Å². The number of rotatable bonds is 5. The second-order valence-corrected chi connectivity index (χ2v) is 8.72. The van der Waals surface area contributed by atoms with E-state index in [1.165, 1.54) is 15.5 Å². The molecule has 0 atom stereocenters. The highest BCUT2D eigenvalue weighted by molar-refractivity contribution is 6.30. The quantitative estimate of drug-likeness (QED) is 0.445. The summed E-state index contributed by atoms with van der Waals surface area (Å²) in [5, 5.41) is 9.02. The number of amides is 1. The highest BCUT2D eigenvalue weighted by Gasteiger charge is 2.24. The van der Waals surface area contributed by atoms with E-state index in [-0.39, 0.29) is 24.4 Å². The lowest BCUT2D eigenvalue weighted by atomic mass is 9.94. The molecule has 4 aromatic rings. The molecule has 9 nitrogen and oxygen atoms in total. The molecule has 1 fully saturated rings. The van der Waals surface area contributed by atoms with Gasteiger partial charge in [-0.25, -0.2) is 13.9 Å². The van der Waals surface area contributed by atoms with Gasteiger partial charge in [0, 0.05) is 29.9 Å². The standard InChI is InChI=1S/C23H23ClN6O3/c1-28(17-9-3-2-4-10-17)19(31)14-30-23(32)29-12-6-11-18(21(29)26-30)22-25-20(27-33-22)15-7-5-8-16(24)13-15/h5-8,11-13,17H,2-4,9-10,14H2,1H3. The van der Waals surface area contributed by atoms with E-state index < -0.39 is 5.69 Å². The van der Waals surface area contributed by atoms with Crippen molar-refractivity contribution in [2.45, 2.75) is 44.7 Å². The largest absolute Gasteiger partial charge is 0.350 e. The van der Waals surface area contributed by atoms with Crippen LogP contribution < -0.4 is 5.69 Å². The molecule has 0 saturated heterocycles. The maximum absolute atomic E-state index is 12.9. The third-order valence-electron chi connectivity index (χ3n) is 6.15. The summed E-state index contributed by atoms with van der Waals surface area (Å²) < 4.78 is 8.03. The van der Waals surface area contributed by atoms with Crippen LogP contribution in [-0.4, -0.2) is 48.2 Å². The van der Waals surface area contributed by atoms with Crippen molar-refractivity contribution in [3.05, 3.63) is 58.1 Å². The molecule has 0 radical (unpaired) electrons. The molecule has 1 saturated carbocycles. The van der Waals surface area contributed by atoms with E-state index in [0.29, 0.717) is 27.6 Å². The highest BCUT2D eigenvalue weighted by Crippen LogP contribution is 2.26. The molecule has 170 valence electrons. The first-order chi connectivity index (χ1) is 16.0. The summed E-state index contributed by atoms with van der Waals surface area (Å²) in [6, 6.07) is 10.8. The Morgan fingerprint density at radius 2 is 2.03 bits per heavy atom. The first-order valence-corrected chi connectivity index (χ1v) is 11.3. The first-order valence-electron chi connectivity index (χ1n) is 10.9. The van der Waals surface area contributed by atoms with E-state index in [4.69, 9.17) is 16.1 Å². The molecule has 1 amide bonds. The van der Waals surface area contributed by atoms with Crippen molar-refractivity contribution in [1.29, 1.82) is 0 Å². The Morgan fingerprint density at radius 1 is 1.21 bits per heavy atom. The summed E-state index contributed by atoms with van der Waals surface area (Å²) >= 11 is 6.06. The number of carbonyl (C=O) groups is 1. The Bertz CT molecular complexity index is 1370. The van der Waals surface area contributed by atoms with Gasteiger partial charge in [0.25, 0.3) is 5.89 Å². The molecule has 10 heteroatoms. The summed E-state index contributed by atoms with van der Waals surface area (Å²) in [6.45, 7) is -0.120. The van der Waals surface area contributed by atoms with Crippen molar-refractivity contribution in [2.24, 2.45) is 0 Å². The van der Waals surface area contributed by atoms with Gasteiger partial charge in [-0.2, -0.15) is 4.98 Å². The van der Waals surface area contributed by atoms with Crippen molar-refractivity contribution in [1.82, 2.24) is 29.2 Å². The maximum Gasteiger partial charge on any atom is 0.350 e. The molecule has 5 rings (SSSR count). The second kappa shape index (κ2) is 8.82. The fourth-order valence-electron chi connectivity index (χ4n) is 4.30. The zero-order valence-electron chi connectivity index (χ0n) is 18.1. The normalized spacial score (nSPS) is 14.6. The van der Waals surface area contributed by atoms with Gasteiger partial charge in [-0.15, -0.1) is 5.10 Å². The predicted octanol–water partition coefficient (Wildman–Crippen LogP) is 3.66. The summed E-state index contributed by atoms with van der Waals surface area (Å²) in [4.78, 5) is 32.0. The summed E-state index contributed by atoms with van der Waals surface area (Å²) in [5.41, 5.74) is 1.16. The number of benzene rings is 1. The van der Waals surface area contributed by atoms with Gasteiger partial charge in [0.2, 0.25) is 11.7 Å². The average Bonchev–Trinajstić information content (AvgIpc) is 3.45. The average molecular weight is 467 g/mol. The van der Waals surface area contributed by atoms with Gasteiger partial charge in [-0.05, 0) is 37.1 Å². The highest BCUT2D eigenvalue weighted by atomic mass is 35.5. The molecule has 0 aliphatic heterocycles. The maximum atomic E-state index is 12.9. The van der Waals surface area contributed by atoms with Crippen molar-refractivity contribution in [3.63, 3.8) is 0 Å². The van der Waals surface area contributed by atoms with Crippen LogP contribution >= 0.6 is 11.6 Å².